The van der Waals surface area contributed by atoms with Gasteiger partial charge in [0.2, 0.25) is 5.91 Å². The van der Waals surface area contributed by atoms with Crippen LogP contribution in [-0.4, -0.2) is 90.9 Å². The molecule has 1 aromatic carbocycles. The van der Waals surface area contributed by atoms with Gasteiger partial charge in [0.25, 0.3) is 5.91 Å². The number of nitrogens with zero attached hydrogens (tertiary/aromatic N) is 5. The van der Waals surface area contributed by atoms with Crippen LogP contribution in [0.2, 0.25) is 0 Å². The summed E-state index contributed by atoms with van der Waals surface area (Å²) in [5, 5.41) is 19.2. The van der Waals surface area contributed by atoms with Gasteiger partial charge in [0.05, 0.1) is 28.4 Å². The first-order valence-corrected chi connectivity index (χ1v) is 19.3. The lowest BCUT2D eigenvalue weighted by molar-refractivity contribution is -0.141. The molecule has 1 atom stereocenters. The number of piperidine rings is 1. The van der Waals surface area contributed by atoms with Gasteiger partial charge < -0.3 is 29.5 Å². The van der Waals surface area contributed by atoms with Gasteiger partial charge in [-0.1, -0.05) is 18.2 Å². The van der Waals surface area contributed by atoms with Gasteiger partial charge >= 0.3 is 6.09 Å². The maximum atomic E-state index is 13.8. The van der Waals surface area contributed by atoms with Gasteiger partial charge in [0.1, 0.15) is 11.3 Å². The van der Waals surface area contributed by atoms with Crippen LogP contribution in [-0.2, 0) is 16.1 Å². The number of nitrogens with one attached hydrogen (secondary N) is 1. The summed E-state index contributed by atoms with van der Waals surface area (Å²) in [6, 6.07) is 12.5. The molecule has 2 saturated heterocycles. The number of hydrogen-bond acceptors (Lipinski definition) is 6. The largest absolute Gasteiger partial charge is 0.444 e. The van der Waals surface area contributed by atoms with E-state index in [1.54, 1.807) is 0 Å². The van der Waals surface area contributed by atoms with Crippen LogP contribution in [0.15, 0.2) is 42.6 Å². The zero-order valence-electron chi connectivity index (χ0n) is 30.9. The maximum absolute atomic E-state index is 13.8. The van der Waals surface area contributed by atoms with E-state index in [-0.39, 0.29) is 35.8 Å². The monoisotopic (exact) mass is 708 g/mol. The second-order valence-corrected chi connectivity index (χ2v) is 16.8. The van der Waals surface area contributed by atoms with Crippen molar-refractivity contribution in [1.82, 2.24) is 29.3 Å². The van der Waals surface area contributed by atoms with Gasteiger partial charge in [-0.05, 0) is 109 Å². The van der Waals surface area contributed by atoms with Crippen molar-refractivity contribution < 1.29 is 24.2 Å². The van der Waals surface area contributed by atoms with Gasteiger partial charge in [0, 0.05) is 67.7 Å². The van der Waals surface area contributed by atoms with Crippen LogP contribution in [0.25, 0.3) is 27.8 Å². The lowest BCUT2D eigenvalue weighted by Crippen LogP contribution is -2.51. The van der Waals surface area contributed by atoms with Crippen molar-refractivity contribution in [2.45, 2.75) is 109 Å². The molecule has 3 aromatic heterocycles. The Morgan fingerprint density at radius 3 is 2.46 bits per heavy atom. The topological polar surface area (TPSA) is 121 Å². The number of carbonyl (C=O) groups is 3. The zero-order valence-corrected chi connectivity index (χ0v) is 30.9. The Morgan fingerprint density at radius 1 is 0.962 bits per heavy atom. The first-order valence-electron chi connectivity index (χ1n) is 19.3. The molecule has 2 aliphatic carbocycles. The number of amides is 3. The van der Waals surface area contributed by atoms with Crippen LogP contribution in [0.1, 0.15) is 99.5 Å². The molecule has 0 radical (unpaired) electrons. The first kappa shape index (κ1) is 34.7. The molecule has 2 saturated carbocycles. The summed E-state index contributed by atoms with van der Waals surface area (Å²) in [5.74, 6) is 1.14. The molecule has 0 bridgehead atoms. The Morgan fingerprint density at radius 2 is 1.73 bits per heavy atom. The third kappa shape index (κ3) is 6.91. The average molecular weight is 709 g/mol. The van der Waals surface area contributed by atoms with Crippen LogP contribution in [0, 0.1) is 18.8 Å². The van der Waals surface area contributed by atoms with Crippen molar-refractivity contribution in [3.63, 3.8) is 0 Å². The maximum Gasteiger partial charge on any atom is 0.407 e. The van der Waals surface area contributed by atoms with Crippen LogP contribution in [0.3, 0.4) is 0 Å². The van der Waals surface area contributed by atoms with Crippen LogP contribution >= 0.6 is 0 Å². The Kier molecular flexibility index (Phi) is 9.04. The van der Waals surface area contributed by atoms with Gasteiger partial charge in [0.15, 0.2) is 0 Å². The number of aliphatic hydroxyl groups excluding tert-OH is 1. The second kappa shape index (κ2) is 13.5. The van der Waals surface area contributed by atoms with Crippen molar-refractivity contribution in [2.75, 3.05) is 26.2 Å². The molecular formula is C41H52N6O5. The first-order chi connectivity index (χ1) is 24.9. The Bertz CT molecular complexity index is 2010. The predicted octanol–water partition coefficient (Wildman–Crippen LogP) is 6.28. The highest BCUT2D eigenvalue weighted by Crippen LogP contribution is 2.41. The normalized spacial score (nSPS) is 22.8. The molecular weight excluding hydrogens is 656 g/mol. The van der Waals surface area contributed by atoms with E-state index < -0.39 is 11.7 Å². The molecule has 2 N–H and O–H groups in total. The van der Waals surface area contributed by atoms with E-state index in [1.165, 1.54) is 29.3 Å². The Hall–Kier alpha value is -4.38. The number of ether oxygens (including phenoxy) is 1. The van der Waals surface area contributed by atoms with Crippen molar-refractivity contribution in [3.05, 3.63) is 59.3 Å². The molecule has 4 aromatic rings. The zero-order chi connectivity index (χ0) is 36.3. The average Bonchev–Trinajstić information content (AvgIpc) is 3.75. The molecule has 4 aliphatic rings. The van der Waals surface area contributed by atoms with Gasteiger partial charge in [-0.15, -0.1) is 0 Å². The highest BCUT2D eigenvalue weighted by molar-refractivity contribution is 5.95. The number of fused-ring (bicyclic) bond motifs is 2. The number of aromatic nitrogens is 3. The van der Waals surface area contributed by atoms with E-state index in [1.807, 2.05) is 53.4 Å². The van der Waals surface area contributed by atoms with E-state index >= 15 is 0 Å². The number of rotatable bonds is 7. The van der Waals surface area contributed by atoms with Crippen LogP contribution < -0.4 is 5.32 Å². The summed E-state index contributed by atoms with van der Waals surface area (Å²) in [5.41, 5.74) is 6.55. The molecule has 0 spiro atoms. The summed E-state index contributed by atoms with van der Waals surface area (Å²) in [4.78, 5) is 43.3. The molecule has 3 amide bonds. The molecule has 8 rings (SSSR count). The van der Waals surface area contributed by atoms with Crippen LogP contribution in [0.4, 0.5) is 4.79 Å². The molecule has 52 heavy (non-hydrogen) atoms. The van der Waals surface area contributed by atoms with E-state index in [0.29, 0.717) is 24.6 Å². The molecule has 4 fully saturated rings. The van der Waals surface area contributed by atoms with Gasteiger partial charge in [-0.3, -0.25) is 9.59 Å². The Balaban J connectivity index is 1.04. The minimum Gasteiger partial charge on any atom is -0.444 e. The van der Waals surface area contributed by atoms with Crippen LogP contribution in [0.5, 0.6) is 0 Å². The molecule has 11 nitrogen and oxygen atoms in total. The minimum absolute atomic E-state index is 0.0391. The SMILES string of the molecule is Cc1c(-c2cc3cccc(C4CN(C(=O)C5CCC(O)CC5)C4)c3n2CC2CC2)nn2cc(C(=O)N3CCC[C@@H](NC(=O)OC(C)(C)C)C3)ccc12. The molecule has 2 aliphatic heterocycles. The summed E-state index contributed by atoms with van der Waals surface area (Å²) < 4.78 is 9.77. The number of para-hydroxylation sites is 1. The second-order valence-electron chi connectivity index (χ2n) is 16.8. The number of aliphatic hydroxyl groups is 1. The lowest BCUT2D eigenvalue weighted by atomic mass is 9.83. The number of alkyl carbamates (subject to hydrolysis) is 1. The highest BCUT2D eigenvalue weighted by Gasteiger charge is 2.38. The fourth-order valence-electron chi connectivity index (χ4n) is 8.54. The predicted molar refractivity (Wildman–Crippen MR) is 199 cm³/mol. The third-order valence-corrected chi connectivity index (χ3v) is 11.6. The summed E-state index contributed by atoms with van der Waals surface area (Å²) >= 11 is 0. The van der Waals surface area contributed by atoms with E-state index in [2.05, 4.69) is 41.1 Å². The summed E-state index contributed by atoms with van der Waals surface area (Å²) in [6.45, 7) is 11.1. The van der Waals surface area contributed by atoms with Crippen molar-refractivity contribution in [2.24, 2.45) is 11.8 Å². The molecule has 0 unspecified atom stereocenters. The number of carbonyl (C=O) groups excluding carboxylic acids is 3. The van der Waals surface area contributed by atoms with E-state index in [4.69, 9.17) is 9.84 Å². The molecule has 276 valence electrons. The van der Waals surface area contributed by atoms with E-state index in [9.17, 15) is 19.5 Å². The van der Waals surface area contributed by atoms with Gasteiger partial charge in [-0.2, -0.15) is 5.10 Å². The number of aryl methyl sites for hydroxylation is 1. The number of benzene rings is 1. The third-order valence-electron chi connectivity index (χ3n) is 11.6. The van der Waals surface area contributed by atoms with Crippen molar-refractivity contribution >= 4 is 34.3 Å². The minimum atomic E-state index is -0.583. The summed E-state index contributed by atoms with van der Waals surface area (Å²) in [7, 11) is 0. The number of pyridine rings is 1. The Labute approximate surface area is 305 Å². The van der Waals surface area contributed by atoms with E-state index in [0.717, 1.165) is 80.6 Å². The highest BCUT2D eigenvalue weighted by atomic mass is 16.6. The molecule has 5 heterocycles. The summed E-state index contributed by atoms with van der Waals surface area (Å²) in [6.07, 6.45) is 8.17. The number of likely N-dealkylation sites (tertiary alicyclic amines) is 2. The smallest absolute Gasteiger partial charge is 0.407 e. The van der Waals surface area contributed by atoms with Gasteiger partial charge in [-0.25, -0.2) is 9.31 Å². The fraction of sp³-hybridized carbons (Fsp3) is 0.561. The van der Waals surface area contributed by atoms with Crippen molar-refractivity contribution in [1.29, 1.82) is 0 Å². The number of hydrogen-bond donors (Lipinski definition) is 2. The van der Waals surface area contributed by atoms with Crippen molar-refractivity contribution in [3.8, 4) is 11.4 Å². The quantitative estimate of drug-likeness (QED) is 0.233. The fourth-order valence-corrected chi connectivity index (χ4v) is 8.54. The standard InChI is InChI=1S/C41H52N6O5/c1-25-34-17-14-29(39(50)44-18-6-8-31(24-44)42-40(51)52-41(2,3)4)23-47(34)43-36(25)35-19-28-7-5-9-33(37(28)46(35)20-26-10-11-26)30-21-45(22-30)38(49)27-12-15-32(48)16-13-27/h5,7,9,14,17,19,23,26-27,30-32,48H,6,8,10-13,15-16,18,20-22,24H2,1-4H3,(H,42,51)/t27?,31-,32?/m1/s1. The molecule has 11 heteroatoms. The lowest BCUT2D eigenvalue weighted by Gasteiger charge is -2.42.